The molecule has 1 aliphatic carbocycles. The highest BCUT2D eigenvalue weighted by molar-refractivity contribution is 6.04. The van der Waals surface area contributed by atoms with Crippen LogP contribution in [0.4, 0.5) is 11.5 Å². The molecule has 5 rings (SSSR count). The highest BCUT2D eigenvalue weighted by Gasteiger charge is 2.31. The van der Waals surface area contributed by atoms with Gasteiger partial charge in [-0.05, 0) is 62.3 Å². The first kappa shape index (κ1) is 18.9. The Morgan fingerprint density at radius 1 is 1.30 bits per heavy atom. The summed E-state index contributed by atoms with van der Waals surface area (Å²) in [5, 5.41) is 19.9. The molecule has 3 aromatic heterocycles. The Morgan fingerprint density at radius 3 is 2.80 bits per heavy atom. The number of aromatic nitrogens is 3. The van der Waals surface area contributed by atoms with E-state index in [1.165, 1.54) is 0 Å². The number of hydrogen-bond donors (Lipinski definition) is 3. The Hall–Kier alpha value is -3.13. The van der Waals surface area contributed by atoms with Crippen LogP contribution >= 0.6 is 0 Å². The quantitative estimate of drug-likeness (QED) is 0.597. The second-order valence-electron chi connectivity index (χ2n) is 8.50. The maximum atomic E-state index is 12.9. The summed E-state index contributed by atoms with van der Waals surface area (Å²) in [6.07, 6.45) is 8.93. The summed E-state index contributed by atoms with van der Waals surface area (Å²) in [6, 6.07) is 5.45. The SMILES string of the molecule is CC1(O)CCN(c2ncc(C3CC3)cc2NC(=O)c2ccc(-c3cn[nH]c3)o2)CC1. The number of carbonyl (C=O) groups excluding carboxylic acids is 1. The fourth-order valence-corrected chi connectivity index (χ4v) is 3.84. The first-order valence-corrected chi connectivity index (χ1v) is 10.4. The second kappa shape index (κ2) is 7.28. The predicted octanol–water partition coefficient (Wildman–Crippen LogP) is 3.55. The van der Waals surface area contributed by atoms with Crippen molar-refractivity contribution in [3.63, 3.8) is 0 Å². The van der Waals surface area contributed by atoms with Gasteiger partial charge in [0.25, 0.3) is 5.91 Å². The van der Waals surface area contributed by atoms with Crippen LogP contribution in [0.2, 0.25) is 0 Å². The molecule has 0 unspecified atom stereocenters. The molecule has 8 heteroatoms. The van der Waals surface area contributed by atoms with Crippen molar-refractivity contribution in [1.82, 2.24) is 15.2 Å². The molecule has 3 N–H and O–H groups in total. The third-order valence-corrected chi connectivity index (χ3v) is 5.94. The van der Waals surface area contributed by atoms with E-state index >= 15 is 0 Å². The smallest absolute Gasteiger partial charge is 0.291 e. The van der Waals surface area contributed by atoms with Crippen LogP contribution in [0.5, 0.6) is 0 Å². The van der Waals surface area contributed by atoms with Gasteiger partial charge in [-0.1, -0.05) is 0 Å². The number of furan rings is 1. The molecule has 8 nitrogen and oxygen atoms in total. The van der Waals surface area contributed by atoms with E-state index < -0.39 is 5.60 Å². The number of nitrogens with one attached hydrogen (secondary N) is 2. The van der Waals surface area contributed by atoms with E-state index in [0.717, 1.165) is 29.8 Å². The lowest BCUT2D eigenvalue weighted by Crippen LogP contribution is -2.43. The van der Waals surface area contributed by atoms with Crippen LogP contribution in [-0.4, -0.2) is 44.9 Å². The molecule has 0 atom stereocenters. The van der Waals surface area contributed by atoms with E-state index in [0.29, 0.717) is 43.3 Å². The number of H-pyrrole nitrogens is 1. The van der Waals surface area contributed by atoms with E-state index in [1.54, 1.807) is 24.5 Å². The van der Waals surface area contributed by atoms with Crippen molar-refractivity contribution in [3.8, 4) is 11.3 Å². The summed E-state index contributed by atoms with van der Waals surface area (Å²) in [5.74, 6) is 1.77. The molecule has 30 heavy (non-hydrogen) atoms. The zero-order valence-corrected chi connectivity index (χ0v) is 16.9. The van der Waals surface area contributed by atoms with Crippen molar-refractivity contribution in [2.24, 2.45) is 0 Å². The molecular weight excluding hydrogens is 382 g/mol. The van der Waals surface area contributed by atoms with Crippen LogP contribution in [0.3, 0.4) is 0 Å². The fourth-order valence-electron chi connectivity index (χ4n) is 3.84. The van der Waals surface area contributed by atoms with Gasteiger partial charge in [-0.15, -0.1) is 0 Å². The summed E-state index contributed by atoms with van der Waals surface area (Å²) >= 11 is 0. The molecule has 1 amide bonds. The summed E-state index contributed by atoms with van der Waals surface area (Å²) < 4.78 is 5.73. The largest absolute Gasteiger partial charge is 0.451 e. The Morgan fingerprint density at radius 2 is 2.10 bits per heavy atom. The zero-order valence-electron chi connectivity index (χ0n) is 16.9. The lowest BCUT2D eigenvalue weighted by atomic mass is 9.94. The van der Waals surface area contributed by atoms with E-state index in [2.05, 4.69) is 20.4 Å². The summed E-state index contributed by atoms with van der Waals surface area (Å²) in [5.41, 5.74) is 1.97. The van der Waals surface area contributed by atoms with Crippen LogP contribution < -0.4 is 10.2 Å². The Bertz CT molecular complexity index is 1040. The number of aliphatic hydroxyl groups is 1. The van der Waals surface area contributed by atoms with E-state index in [4.69, 9.17) is 9.40 Å². The van der Waals surface area contributed by atoms with Gasteiger partial charge in [0, 0.05) is 25.5 Å². The summed E-state index contributed by atoms with van der Waals surface area (Å²) in [7, 11) is 0. The first-order valence-electron chi connectivity index (χ1n) is 10.4. The third-order valence-electron chi connectivity index (χ3n) is 5.94. The molecule has 2 fully saturated rings. The average molecular weight is 407 g/mol. The molecule has 4 heterocycles. The molecule has 1 aliphatic heterocycles. The predicted molar refractivity (Wildman–Crippen MR) is 113 cm³/mol. The minimum atomic E-state index is -0.647. The van der Waals surface area contributed by atoms with Gasteiger partial charge in [0.05, 0.1) is 23.0 Å². The summed E-state index contributed by atoms with van der Waals surface area (Å²) in [6.45, 7) is 3.25. The number of aromatic amines is 1. The van der Waals surface area contributed by atoms with E-state index in [-0.39, 0.29) is 11.7 Å². The monoisotopic (exact) mass is 407 g/mol. The Balaban J connectivity index is 1.39. The van der Waals surface area contributed by atoms with E-state index in [9.17, 15) is 9.90 Å². The van der Waals surface area contributed by atoms with E-state index in [1.807, 2.05) is 19.2 Å². The lowest BCUT2D eigenvalue weighted by molar-refractivity contribution is 0.0350. The molecule has 156 valence electrons. The van der Waals surface area contributed by atoms with Gasteiger partial charge in [-0.25, -0.2) is 4.98 Å². The lowest BCUT2D eigenvalue weighted by Gasteiger charge is -2.37. The van der Waals surface area contributed by atoms with Crippen LogP contribution in [0.15, 0.2) is 41.2 Å². The minimum Gasteiger partial charge on any atom is -0.451 e. The molecule has 2 aliphatic rings. The van der Waals surface area contributed by atoms with Crippen molar-refractivity contribution in [3.05, 3.63) is 48.1 Å². The molecular formula is C22H25N5O3. The first-order chi connectivity index (χ1) is 14.5. The topological polar surface area (TPSA) is 107 Å². The van der Waals surface area contributed by atoms with Gasteiger partial charge in [0.1, 0.15) is 5.76 Å². The van der Waals surface area contributed by atoms with Crippen LogP contribution in [0.1, 0.15) is 54.6 Å². The summed E-state index contributed by atoms with van der Waals surface area (Å²) in [4.78, 5) is 19.7. The zero-order chi connectivity index (χ0) is 20.7. The number of pyridine rings is 1. The van der Waals surface area contributed by atoms with Crippen LogP contribution in [0, 0.1) is 0 Å². The molecule has 1 saturated heterocycles. The number of anilines is 2. The molecule has 0 radical (unpaired) electrons. The maximum Gasteiger partial charge on any atom is 0.291 e. The number of hydrogen-bond acceptors (Lipinski definition) is 6. The third kappa shape index (κ3) is 3.82. The van der Waals surface area contributed by atoms with Crippen molar-refractivity contribution >= 4 is 17.4 Å². The number of piperidine rings is 1. The van der Waals surface area contributed by atoms with Crippen LogP contribution in [-0.2, 0) is 0 Å². The molecule has 0 bridgehead atoms. The van der Waals surface area contributed by atoms with Gasteiger partial charge in [0.15, 0.2) is 11.6 Å². The number of nitrogens with zero attached hydrogens (tertiary/aromatic N) is 3. The Kier molecular flexibility index (Phi) is 4.58. The minimum absolute atomic E-state index is 0.232. The van der Waals surface area contributed by atoms with Crippen LogP contribution in [0.25, 0.3) is 11.3 Å². The molecule has 0 spiro atoms. The Labute approximate surface area is 174 Å². The highest BCUT2D eigenvalue weighted by atomic mass is 16.4. The number of amides is 1. The highest BCUT2D eigenvalue weighted by Crippen LogP contribution is 2.42. The normalized spacial score (nSPS) is 18.4. The van der Waals surface area contributed by atoms with Crippen molar-refractivity contribution in [2.75, 3.05) is 23.3 Å². The molecule has 3 aromatic rings. The number of rotatable bonds is 5. The average Bonchev–Trinajstić information content (AvgIpc) is 3.22. The second-order valence-corrected chi connectivity index (χ2v) is 8.50. The number of carbonyl (C=O) groups is 1. The van der Waals surface area contributed by atoms with Gasteiger partial charge in [-0.3, -0.25) is 9.89 Å². The van der Waals surface area contributed by atoms with Gasteiger partial charge < -0.3 is 19.7 Å². The van der Waals surface area contributed by atoms with Crippen molar-refractivity contribution in [1.29, 1.82) is 0 Å². The van der Waals surface area contributed by atoms with Crippen molar-refractivity contribution < 1.29 is 14.3 Å². The molecule has 1 saturated carbocycles. The standard InChI is InChI=1S/C22H25N5O3/c1-22(29)6-8-27(9-7-22)20-17(10-15(11-23-20)14-2-3-14)26-21(28)19-5-4-18(30-19)16-12-24-25-13-16/h4-5,10-14,29H,2-3,6-9H2,1H3,(H,24,25)(H,26,28). The molecule has 0 aromatic carbocycles. The maximum absolute atomic E-state index is 12.9. The van der Waals surface area contributed by atoms with Gasteiger partial charge >= 0.3 is 0 Å². The van der Waals surface area contributed by atoms with Crippen molar-refractivity contribution in [2.45, 2.75) is 44.1 Å². The fraction of sp³-hybridized carbons (Fsp3) is 0.409. The van der Waals surface area contributed by atoms with Gasteiger partial charge in [0.2, 0.25) is 0 Å². The van der Waals surface area contributed by atoms with Gasteiger partial charge in [-0.2, -0.15) is 5.10 Å².